The predicted molar refractivity (Wildman–Crippen MR) is 88.2 cm³/mol. The van der Waals surface area contributed by atoms with E-state index in [9.17, 15) is 0 Å². The molecule has 0 fully saturated rings. The van der Waals surface area contributed by atoms with E-state index in [-0.39, 0.29) is 5.38 Å². The van der Waals surface area contributed by atoms with Crippen LogP contribution in [0.5, 0.6) is 11.5 Å². The lowest BCUT2D eigenvalue weighted by atomic mass is 9.98. The van der Waals surface area contributed by atoms with E-state index in [1.165, 1.54) is 0 Å². The van der Waals surface area contributed by atoms with Crippen LogP contribution in [0.1, 0.15) is 27.6 Å². The Kier molecular flexibility index (Phi) is 5.02. The molecule has 0 aliphatic rings. The number of halogens is 2. The number of hydrogen-bond donors (Lipinski definition) is 0. The first-order valence-corrected chi connectivity index (χ1v) is 7.42. The van der Waals surface area contributed by atoms with Crippen LogP contribution in [0.3, 0.4) is 0 Å². The first-order chi connectivity index (χ1) is 9.97. The summed E-state index contributed by atoms with van der Waals surface area (Å²) in [6, 6.07) is 9.57. The summed E-state index contributed by atoms with van der Waals surface area (Å²) in [6.45, 7) is 4.02. The molecule has 21 heavy (non-hydrogen) atoms. The van der Waals surface area contributed by atoms with Gasteiger partial charge in [-0.1, -0.05) is 29.8 Å². The van der Waals surface area contributed by atoms with Crippen LogP contribution in [0.4, 0.5) is 0 Å². The molecule has 0 heterocycles. The molecule has 0 N–H and O–H groups in total. The summed E-state index contributed by atoms with van der Waals surface area (Å²) in [5.41, 5.74) is 4.03. The van der Waals surface area contributed by atoms with Crippen LogP contribution in [0.15, 0.2) is 30.3 Å². The van der Waals surface area contributed by atoms with Crippen molar-refractivity contribution in [3.63, 3.8) is 0 Å². The average molecular weight is 325 g/mol. The van der Waals surface area contributed by atoms with E-state index in [1.54, 1.807) is 20.3 Å². The Morgan fingerprint density at radius 3 is 2.10 bits per heavy atom. The van der Waals surface area contributed by atoms with Gasteiger partial charge in [-0.15, -0.1) is 11.6 Å². The molecular weight excluding hydrogens is 307 g/mol. The van der Waals surface area contributed by atoms with E-state index in [4.69, 9.17) is 32.7 Å². The van der Waals surface area contributed by atoms with Gasteiger partial charge in [-0.05, 0) is 42.7 Å². The molecule has 1 unspecified atom stereocenters. The minimum Gasteiger partial charge on any atom is -0.496 e. The van der Waals surface area contributed by atoms with Crippen LogP contribution in [-0.4, -0.2) is 14.2 Å². The summed E-state index contributed by atoms with van der Waals surface area (Å²) in [5, 5.41) is 0.321. The number of alkyl halides is 1. The Labute approximate surface area is 135 Å². The van der Waals surface area contributed by atoms with Crippen molar-refractivity contribution >= 4 is 23.2 Å². The predicted octanol–water partition coefficient (Wildman–Crippen LogP) is 5.30. The second-order valence-electron chi connectivity index (χ2n) is 4.94. The Morgan fingerprint density at radius 2 is 1.57 bits per heavy atom. The largest absolute Gasteiger partial charge is 0.496 e. The minimum atomic E-state index is -0.305. The van der Waals surface area contributed by atoms with Crippen molar-refractivity contribution in [1.82, 2.24) is 0 Å². The Morgan fingerprint density at radius 1 is 0.952 bits per heavy atom. The van der Waals surface area contributed by atoms with Crippen molar-refractivity contribution in [2.24, 2.45) is 0 Å². The Balaban J connectivity index is 2.47. The SMILES string of the molecule is COc1cc(Cl)ccc1C(Cl)c1cc(C)c(OC)c(C)c1. The summed E-state index contributed by atoms with van der Waals surface area (Å²) in [7, 11) is 3.29. The lowest BCUT2D eigenvalue weighted by Gasteiger charge is -2.17. The van der Waals surface area contributed by atoms with Crippen molar-refractivity contribution in [2.45, 2.75) is 19.2 Å². The number of aryl methyl sites for hydroxylation is 2. The fourth-order valence-corrected chi connectivity index (χ4v) is 2.99. The molecule has 0 saturated carbocycles. The van der Waals surface area contributed by atoms with Gasteiger partial charge in [0.05, 0.1) is 19.6 Å². The first-order valence-electron chi connectivity index (χ1n) is 6.60. The molecule has 0 bridgehead atoms. The van der Waals surface area contributed by atoms with Crippen molar-refractivity contribution in [2.75, 3.05) is 14.2 Å². The van der Waals surface area contributed by atoms with E-state index in [0.29, 0.717) is 10.8 Å². The first kappa shape index (κ1) is 16.0. The maximum atomic E-state index is 6.64. The summed E-state index contributed by atoms with van der Waals surface area (Å²) in [5.74, 6) is 1.58. The molecule has 2 nitrogen and oxygen atoms in total. The second kappa shape index (κ2) is 6.59. The highest BCUT2D eigenvalue weighted by Gasteiger charge is 2.18. The molecular formula is C17H18Cl2O2. The number of hydrogen-bond acceptors (Lipinski definition) is 2. The van der Waals surface area contributed by atoms with Gasteiger partial charge in [0.1, 0.15) is 11.5 Å². The third-order valence-electron chi connectivity index (χ3n) is 3.45. The molecule has 0 aliphatic carbocycles. The molecule has 2 aromatic carbocycles. The fourth-order valence-electron chi connectivity index (χ4n) is 2.53. The number of benzene rings is 2. The molecule has 2 rings (SSSR count). The van der Waals surface area contributed by atoms with E-state index < -0.39 is 0 Å². The van der Waals surface area contributed by atoms with Crippen LogP contribution in [0.2, 0.25) is 5.02 Å². The van der Waals surface area contributed by atoms with Crippen LogP contribution >= 0.6 is 23.2 Å². The molecule has 0 radical (unpaired) electrons. The zero-order valence-corrected chi connectivity index (χ0v) is 14.0. The van der Waals surface area contributed by atoms with E-state index in [1.807, 2.05) is 38.1 Å². The summed E-state index contributed by atoms with van der Waals surface area (Å²) < 4.78 is 10.8. The third kappa shape index (κ3) is 3.28. The van der Waals surface area contributed by atoms with Crippen LogP contribution in [0.25, 0.3) is 0 Å². The van der Waals surface area contributed by atoms with Gasteiger partial charge in [-0.25, -0.2) is 0 Å². The van der Waals surface area contributed by atoms with Gasteiger partial charge in [-0.2, -0.15) is 0 Å². The van der Waals surface area contributed by atoms with Gasteiger partial charge in [0, 0.05) is 10.6 Å². The standard InChI is InChI=1S/C17H18Cl2O2/c1-10-7-12(8-11(2)17(10)21-4)16(19)14-6-5-13(18)9-15(14)20-3/h5-9,16H,1-4H3. The maximum Gasteiger partial charge on any atom is 0.125 e. The van der Waals surface area contributed by atoms with E-state index >= 15 is 0 Å². The highest BCUT2D eigenvalue weighted by atomic mass is 35.5. The van der Waals surface area contributed by atoms with Crippen LogP contribution in [-0.2, 0) is 0 Å². The van der Waals surface area contributed by atoms with Crippen molar-refractivity contribution < 1.29 is 9.47 Å². The third-order valence-corrected chi connectivity index (χ3v) is 4.17. The van der Waals surface area contributed by atoms with Crippen LogP contribution < -0.4 is 9.47 Å². The van der Waals surface area contributed by atoms with Gasteiger partial charge >= 0.3 is 0 Å². The Hall–Kier alpha value is -1.38. The molecule has 0 amide bonds. The Bertz CT molecular complexity index is 630. The summed E-state index contributed by atoms with van der Waals surface area (Å²) in [6.07, 6.45) is 0. The van der Waals surface area contributed by atoms with Gasteiger partial charge in [0.25, 0.3) is 0 Å². The van der Waals surface area contributed by atoms with Crippen molar-refractivity contribution in [1.29, 1.82) is 0 Å². The van der Waals surface area contributed by atoms with Gasteiger partial charge in [0.2, 0.25) is 0 Å². The normalized spacial score (nSPS) is 12.1. The lowest BCUT2D eigenvalue weighted by molar-refractivity contribution is 0.408. The number of methoxy groups -OCH3 is 2. The molecule has 0 aromatic heterocycles. The molecule has 112 valence electrons. The summed E-state index contributed by atoms with van der Waals surface area (Å²) >= 11 is 12.6. The van der Waals surface area contributed by atoms with Crippen molar-refractivity contribution in [3.05, 3.63) is 57.6 Å². The molecule has 0 spiro atoms. The van der Waals surface area contributed by atoms with E-state index in [2.05, 4.69) is 0 Å². The second-order valence-corrected chi connectivity index (χ2v) is 5.81. The minimum absolute atomic E-state index is 0.305. The van der Waals surface area contributed by atoms with Gasteiger partial charge in [0.15, 0.2) is 0 Å². The summed E-state index contributed by atoms with van der Waals surface area (Å²) in [4.78, 5) is 0. The molecule has 0 saturated heterocycles. The van der Waals surface area contributed by atoms with Crippen molar-refractivity contribution in [3.8, 4) is 11.5 Å². The lowest BCUT2D eigenvalue weighted by Crippen LogP contribution is -2.00. The van der Waals surface area contributed by atoms with E-state index in [0.717, 1.165) is 28.0 Å². The monoisotopic (exact) mass is 324 g/mol. The van der Waals surface area contributed by atoms with Gasteiger partial charge < -0.3 is 9.47 Å². The fraction of sp³-hybridized carbons (Fsp3) is 0.294. The zero-order valence-electron chi connectivity index (χ0n) is 12.5. The molecule has 1 atom stereocenters. The number of ether oxygens (including phenoxy) is 2. The number of rotatable bonds is 4. The molecule has 2 aromatic rings. The quantitative estimate of drug-likeness (QED) is 0.710. The van der Waals surface area contributed by atoms with Gasteiger partial charge in [-0.3, -0.25) is 0 Å². The highest BCUT2D eigenvalue weighted by molar-refractivity contribution is 6.30. The highest BCUT2D eigenvalue weighted by Crippen LogP contribution is 2.38. The average Bonchev–Trinajstić information content (AvgIpc) is 2.46. The maximum absolute atomic E-state index is 6.64. The smallest absolute Gasteiger partial charge is 0.125 e. The van der Waals surface area contributed by atoms with Crippen LogP contribution in [0, 0.1) is 13.8 Å². The molecule has 0 aliphatic heterocycles. The topological polar surface area (TPSA) is 18.5 Å². The molecule has 4 heteroatoms. The zero-order chi connectivity index (χ0) is 15.6.